The predicted octanol–water partition coefficient (Wildman–Crippen LogP) is 6.48. The van der Waals surface area contributed by atoms with Crippen molar-refractivity contribution in [2.75, 3.05) is 11.9 Å². The number of carbonyl (C=O) groups excluding carboxylic acids is 1. The average molecular weight is 446 g/mol. The molecule has 2 saturated carbocycles. The third kappa shape index (κ3) is 6.19. The molecular weight excluding hydrogens is 413 g/mol. The van der Waals surface area contributed by atoms with Gasteiger partial charge < -0.3 is 9.64 Å². The molecule has 1 heterocycles. The molecule has 0 bridgehead atoms. The van der Waals surface area contributed by atoms with Gasteiger partial charge in [0.1, 0.15) is 11.6 Å². The molecule has 0 aliphatic heterocycles. The van der Waals surface area contributed by atoms with E-state index >= 15 is 0 Å². The number of thiazole rings is 1. The van der Waals surface area contributed by atoms with E-state index in [1.165, 1.54) is 49.2 Å². The Labute approximate surface area is 188 Å². The standard InChI is InChI=1S/C24H32FN3O2S/c25-19-9-13-22(14-10-19)30-17-18-7-11-21(12-8-18)28(20-5-3-1-2-4-6-20)24(29)27-23-26-15-16-31-23/h9-10,13-16,18,20-21H,1-8,11-12,17H2,(H,26,27,29). The van der Waals surface area contributed by atoms with Gasteiger partial charge in [-0.2, -0.15) is 0 Å². The number of aromatic nitrogens is 1. The van der Waals surface area contributed by atoms with E-state index in [1.54, 1.807) is 18.3 Å². The van der Waals surface area contributed by atoms with Crippen LogP contribution in [0.2, 0.25) is 0 Å². The summed E-state index contributed by atoms with van der Waals surface area (Å²) in [5.74, 6) is 0.938. The summed E-state index contributed by atoms with van der Waals surface area (Å²) in [6, 6.07) is 6.81. The lowest BCUT2D eigenvalue weighted by Crippen LogP contribution is -2.50. The quantitative estimate of drug-likeness (QED) is 0.518. The maximum Gasteiger partial charge on any atom is 0.324 e. The van der Waals surface area contributed by atoms with E-state index < -0.39 is 0 Å². The molecular formula is C24H32FN3O2S. The highest BCUT2D eigenvalue weighted by Crippen LogP contribution is 2.33. The molecule has 2 aliphatic rings. The van der Waals surface area contributed by atoms with Crippen molar-refractivity contribution in [2.45, 2.75) is 76.3 Å². The molecule has 1 N–H and O–H groups in total. The molecule has 4 rings (SSSR count). The van der Waals surface area contributed by atoms with E-state index in [0.29, 0.717) is 29.4 Å². The zero-order chi connectivity index (χ0) is 21.5. The molecule has 0 radical (unpaired) electrons. The lowest BCUT2D eigenvalue weighted by molar-refractivity contribution is 0.102. The zero-order valence-corrected chi connectivity index (χ0v) is 18.8. The van der Waals surface area contributed by atoms with Crippen molar-refractivity contribution in [1.82, 2.24) is 9.88 Å². The molecule has 5 nitrogen and oxygen atoms in total. The smallest absolute Gasteiger partial charge is 0.324 e. The molecule has 2 amide bonds. The average Bonchev–Trinajstić information content (AvgIpc) is 3.15. The van der Waals surface area contributed by atoms with Gasteiger partial charge >= 0.3 is 6.03 Å². The Hall–Kier alpha value is -2.15. The summed E-state index contributed by atoms with van der Waals surface area (Å²) in [7, 11) is 0. The Morgan fingerprint density at radius 3 is 2.35 bits per heavy atom. The number of rotatable bonds is 6. The van der Waals surface area contributed by atoms with Crippen molar-refractivity contribution >= 4 is 22.5 Å². The number of anilines is 1. The highest BCUT2D eigenvalue weighted by atomic mass is 32.1. The SMILES string of the molecule is O=C(Nc1nccs1)N(C1CCCCCC1)C1CCC(COc2ccc(F)cc2)CC1. The number of halogens is 1. The second-order valence-electron chi connectivity index (χ2n) is 8.76. The Kier molecular flexibility index (Phi) is 7.78. The van der Waals surface area contributed by atoms with E-state index in [2.05, 4.69) is 15.2 Å². The maximum atomic E-state index is 13.3. The molecule has 1 aromatic heterocycles. The van der Waals surface area contributed by atoms with Gasteiger partial charge in [0, 0.05) is 23.7 Å². The summed E-state index contributed by atoms with van der Waals surface area (Å²) >= 11 is 1.46. The molecule has 7 heteroatoms. The number of benzene rings is 1. The third-order valence-corrected chi connectivity index (χ3v) is 7.30. The van der Waals surface area contributed by atoms with Crippen molar-refractivity contribution in [3.63, 3.8) is 0 Å². The first-order valence-corrected chi connectivity index (χ1v) is 12.4. The first-order valence-electron chi connectivity index (χ1n) is 11.6. The van der Waals surface area contributed by atoms with Crippen LogP contribution in [-0.4, -0.2) is 34.6 Å². The lowest BCUT2D eigenvalue weighted by Gasteiger charge is -2.41. The fourth-order valence-electron chi connectivity index (χ4n) is 4.94. The van der Waals surface area contributed by atoms with Crippen molar-refractivity contribution in [1.29, 1.82) is 0 Å². The topological polar surface area (TPSA) is 54.5 Å². The van der Waals surface area contributed by atoms with Crippen molar-refractivity contribution in [3.05, 3.63) is 41.7 Å². The highest BCUT2D eigenvalue weighted by molar-refractivity contribution is 7.13. The van der Waals surface area contributed by atoms with Gasteiger partial charge in [-0.3, -0.25) is 5.32 Å². The van der Waals surface area contributed by atoms with Gasteiger partial charge in [-0.05, 0) is 68.7 Å². The number of nitrogens with zero attached hydrogens (tertiary/aromatic N) is 2. The van der Waals surface area contributed by atoms with Crippen LogP contribution in [0, 0.1) is 11.7 Å². The largest absolute Gasteiger partial charge is 0.493 e. The highest BCUT2D eigenvalue weighted by Gasteiger charge is 2.34. The summed E-state index contributed by atoms with van der Waals surface area (Å²) in [5.41, 5.74) is 0. The second kappa shape index (κ2) is 10.9. The van der Waals surface area contributed by atoms with Crippen LogP contribution in [-0.2, 0) is 0 Å². The number of amides is 2. The van der Waals surface area contributed by atoms with Crippen molar-refractivity contribution < 1.29 is 13.9 Å². The maximum absolute atomic E-state index is 13.3. The minimum atomic E-state index is -0.248. The molecule has 2 aliphatic carbocycles. The molecule has 2 aromatic rings. The van der Waals surface area contributed by atoms with Crippen molar-refractivity contribution in [2.24, 2.45) is 5.92 Å². The van der Waals surface area contributed by atoms with Crippen LogP contribution in [0.1, 0.15) is 64.2 Å². The summed E-state index contributed by atoms with van der Waals surface area (Å²) in [6.45, 7) is 0.646. The Morgan fingerprint density at radius 1 is 1.03 bits per heavy atom. The number of hydrogen-bond acceptors (Lipinski definition) is 4. The molecule has 0 spiro atoms. The molecule has 0 atom stereocenters. The van der Waals surface area contributed by atoms with Crippen LogP contribution < -0.4 is 10.1 Å². The summed E-state index contributed by atoms with van der Waals surface area (Å²) < 4.78 is 18.9. The van der Waals surface area contributed by atoms with E-state index in [-0.39, 0.29) is 17.9 Å². The molecule has 31 heavy (non-hydrogen) atoms. The summed E-state index contributed by atoms with van der Waals surface area (Å²) in [6.07, 6.45) is 12.9. The second-order valence-corrected chi connectivity index (χ2v) is 9.65. The lowest BCUT2D eigenvalue weighted by atomic mass is 9.85. The Balaban J connectivity index is 1.35. The fourth-order valence-corrected chi connectivity index (χ4v) is 5.46. The van der Waals surface area contributed by atoms with Gasteiger partial charge in [0.05, 0.1) is 6.61 Å². The van der Waals surface area contributed by atoms with Gasteiger partial charge in [-0.15, -0.1) is 11.3 Å². The zero-order valence-electron chi connectivity index (χ0n) is 18.0. The van der Waals surface area contributed by atoms with Crippen LogP contribution in [0.3, 0.4) is 0 Å². The minimum Gasteiger partial charge on any atom is -0.493 e. The number of urea groups is 1. The Morgan fingerprint density at radius 2 is 1.71 bits per heavy atom. The van der Waals surface area contributed by atoms with Crippen LogP contribution in [0.4, 0.5) is 14.3 Å². The molecule has 1 aromatic carbocycles. The van der Waals surface area contributed by atoms with Crippen LogP contribution in [0.15, 0.2) is 35.8 Å². The van der Waals surface area contributed by atoms with Gasteiger partial charge in [0.25, 0.3) is 0 Å². The van der Waals surface area contributed by atoms with Crippen LogP contribution >= 0.6 is 11.3 Å². The normalized spacial score (nSPS) is 22.5. The molecule has 168 valence electrons. The van der Waals surface area contributed by atoms with E-state index in [1.807, 2.05) is 5.38 Å². The number of nitrogens with one attached hydrogen (secondary N) is 1. The first kappa shape index (κ1) is 22.1. The van der Waals surface area contributed by atoms with Crippen LogP contribution in [0.25, 0.3) is 0 Å². The molecule has 0 saturated heterocycles. The van der Waals surface area contributed by atoms with Gasteiger partial charge in [-0.1, -0.05) is 25.7 Å². The van der Waals surface area contributed by atoms with E-state index in [9.17, 15) is 9.18 Å². The minimum absolute atomic E-state index is 0.00728. The Bertz CT molecular complexity index is 799. The molecule has 2 fully saturated rings. The summed E-state index contributed by atoms with van der Waals surface area (Å²) in [5, 5.41) is 5.60. The van der Waals surface area contributed by atoms with Crippen LogP contribution in [0.5, 0.6) is 5.75 Å². The fraction of sp³-hybridized carbons (Fsp3) is 0.583. The third-order valence-electron chi connectivity index (χ3n) is 6.61. The first-order chi connectivity index (χ1) is 15.2. The van der Waals surface area contributed by atoms with Gasteiger partial charge in [0.2, 0.25) is 0 Å². The predicted molar refractivity (Wildman–Crippen MR) is 122 cm³/mol. The van der Waals surface area contributed by atoms with Crippen molar-refractivity contribution in [3.8, 4) is 5.75 Å². The van der Waals surface area contributed by atoms with Gasteiger partial charge in [0.15, 0.2) is 5.13 Å². The number of carbonyl (C=O) groups is 1. The van der Waals surface area contributed by atoms with E-state index in [4.69, 9.17) is 4.74 Å². The van der Waals surface area contributed by atoms with E-state index in [0.717, 1.165) is 38.5 Å². The van der Waals surface area contributed by atoms with Gasteiger partial charge in [-0.25, -0.2) is 14.2 Å². The molecule has 0 unspecified atom stereocenters. The number of hydrogen-bond donors (Lipinski definition) is 1. The number of ether oxygens (including phenoxy) is 1. The monoisotopic (exact) mass is 445 g/mol. The summed E-state index contributed by atoms with van der Waals surface area (Å²) in [4.78, 5) is 19.7.